The molecule has 1 aromatic carbocycles. The predicted octanol–water partition coefficient (Wildman–Crippen LogP) is 4.68. The molecule has 18 heavy (non-hydrogen) atoms. The monoisotopic (exact) mass is 279 g/mol. The molecule has 0 spiro atoms. The molecule has 0 saturated heterocycles. The van der Waals surface area contributed by atoms with Crippen LogP contribution in [0.3, 0.4) is 0 Å². The van der Waals surface area contributed by atoms with Gasteiger partial charge in [-0.25, -0.2) is 0 Å². The van der Waals surface area contributed by atoms with Crippen LogP contribution in [0.15, 0.2) is 18.2 Å². The van der Waals surface area contributed by atoms with Crippen molar-refractivity contribution >= 4 is 17.3 Å². The van der Waals surface area contributed by atoms with Crippen molar-refractivity contribution in [1.82, 2.24) is 0 Å². The molecule has 0 N–H and O–H groups in total. The second kappa shape index (κ2) is 6.32. The molecule has 0 amide bonds. The molecule has 102 valence electrons. The normalized spacial score (nSPS) is 11.7. The highest BCUT2D eigenvalue weighted by Gasteiger charge is 2.33. The van der Waals surface area contributed by atoms with Crippen LogP contribution in [0, 0.1) is 0 Å². The van der Waals surface area contributed by atoms with E-state index in [0.717, 1.165) is 13.0 Å². The topological polar surface area (TPSA) is 3.24 Å². The van der Waals surface area contributed by atoms with Crippen molar-refractivity contribution in [3.63, 3.8) is 0 Å². The lowest BCUT2D eigenvalue weighted by molar-refractivity contribution is -0.138. The summed E-state index contributed by atoms with van der Waals surface area (Å²) in [5.74, 6) is -0.130. The molecule has 0 saturated carbocycles. The van der Waals surface area contributed by atoms with Gasteiger partial charge in [0.1, 0.15) is 0 Å². The zero-order valence-electron chi connectivity index (χ0n) is 10.5. The fourth-order valence-corrected chi connectivity index (χ4v) is 2.11. The molecule has 0 bridgehead atoms. The van der Waals surface area contributed by atoms with Crippen LogP contribution in [0.25, 0.3) is 0 Å². The number of anilines is 1. The first-order valence-corrected chi connectivity index (χ1v) is 6.48. The quantitative estimate of drug-likeness (QED) is 0.707. The van der Waals surface area contributed by atoms with Crippen LogP contribution in [-0.2, 0) is 12.1 Å². The molecule has 0 aliphatic heterocycles. The van der Waals surface area contributed by atoms with Gasteiger partial charge in [0.25, 0.3) is 0 Å². The summed E-state index contributed by atoms with van der Waals surface area (Å²) < 4.78 is 38.7. The number of alkyl halides is 4. The highest BCUT2D eigenvalue weighted by atomic mass is 35.5. The van der Waals surface area contributed by atoms with E-state index < -0.39 is 11.7 Å². The SMILES string of the molecule is CCCN(CC)c1ccc(CCl)c(C(F)(F)F)c1. The molecular weight excluding hydrogens is 263 g/mol. The first-order chi connectivity index (χ1) is 8.43. The average Bonchev–Trinajstić information content (AvgIpc) is 2.34. The second-order valence-corrected chi connectivity index (χ2v) is 4.32. The minimum atomic E-state index is -4.36. The Morgan fingerprint density at radius 1 is 1.22 bits per heavy atom. The van der Waals surface area contributed by atoms with E-state index in [1.165, 1.54) is 12.1 Å². The van der Waals surface area contributed by atoms with E-state index in [1.54, 1.807) is 6.07 Å². The molecule has 0 aliphatic rings. The Hall–Kier alpha value is -0.900. The number of halogens is 4. The molecule has 5 heteroatoms. The predicted molar refractivity (Wildman–Crippen MR) is 69.2 cm³/mol. The van der Waals surface area contributed by atoms with E-state index in [2.05, 4.69) is 0 Å². The Bertz CT molecular complexity index is 390. The van der Waals surface area contributed by atoms with Crippen LogP contribution in [0.4, 0.5) is 18.9 Å². The Labute approximate surface area is 111 Å². The smallest absolute Gasteiger partial charge is 0.372 e. The number of hydrogen-bond acceptors (Lipinski definition) is 1. The molecule has 0 radical (unpaired) electrons. The molecule has 0 heterocycles. The summed E-state index contributed by atoms with van der Waals surface area (Å²) in [7, 11) is 0. The van der Waals surface area contributed by atoms with Gasteiger partial charge in [0, 0.05) is 24.7 Å². The first kappa shape index (κ1) is 15.2. The third-order valence-corrected chi connectivity index (χ3v) is 3.07. The van der Waals surface area contributed by atoms with Gasteiger partial charge in [-0.1, -0.05) is 13.0 Å². The van der Waals surface area contributed by atoms with Gasteiger partial charge in [0.15, 0.2) is 0 Å². The van der Waals surface area contributed by atoms with E-state index in [1.807, 2.05) is 18.7 Å². The van der Waals surface area contributed by atoms with Gasteiger partial charge in [-0.2, -0.15) is 13.2 Å². The Balaban J connectivity index is 3.17. The maximum atomic E-state index is 12.9. The minimum Gasteiger partial charge on any atom is -0.372 e. The van der Waals surface area contributed by atoms with Crippen LogP contribution in [0.5, 0.6) is 0 Å². The number of hydrogen-bond donors (Lipinski definition) is 0. The van der Waals surface area contributed by atoms with Crippen molar-refractivity contribution in [2.45, 2.75) is 32.3 Å². The summed E-state index contributed by atoms with van der Waals surface area (Å²) in [5, 5.41) is 0. The summed E-state index contributed by atoms with van der Waals surface area (Å²) in [4.78, 5) is 1.92. The summed E-state index contributed by atoms with van der Waals surface area (Å²) in [6, 6.07) is 4.35. The third-order valence-electron chi connectivity index (χ3n) is 2.78. The first-order valence-electron chi connectivity index (χ1n) is 5.95. The summed E-state index contributed by atoms with van der Waals surface area (Å²) in [6.45, 7) is 5.36. The summed E-state index contributed by atoms with van der Waals surface area (Å²) in [6.07, 6.45) is -3.46. The zero-order valence-corrected chi connectivity index (χ0v) is 11.3. The largest absolute Gasteiger partial charge is 0.416 e. The number of rotatable bonds is 5. The van der Waals surface area contributed by atoms with E-state index in [0.29, 0.717) is 12.2 Å². The average molecular weight is 280 g/mol. The molecular formula is C13H17ClF3N. The Kier molecular flexibility index (Phi) is 5.32. The Morgan fingerprint density at radius 2 is 1.89 bits per heavy atom. The lowest BCUT2D eigenvalue weighted by Gasteiger charge is -2.24. The van der Waals surface area contributed by atoms with Gasteiger partial charge < -0.3 is 4.90 Å². The molecule has 0 fully saturated rings. The fraction of sp³-hybridized carbons (Fsp3) is 0.538. The van der Waals surface area contributed by atoms with E-state index in [-0.39, 0.29) is 11.4 Å². The third kappa shape index (κ3) is 3.55. The van der Waals surface area contributed by atoms with Gasteiger partial charge in [-0.05, 0) is 31.0 Å². The molecule has 0 atom stereocenters. The molecule has 1 nitrogen and oxygen atoms in total. The fourth-order valence-electron chi connectivity index (χ4n) is 1.88. The molecule has 0 aromatic heterocycles. The van der Waals surface area contributed by atoms with Crippen LogP contribution in [0.1, 0.15) is 31.4 Å². The van der Waals surface area contributed by atoms with Gasteiger partial charge in [-0.15, -0.1) is 11.6 Å². The van der Waals surface area contributed by atoms with Crippen LogP contribution in [0.2, 0.25) is 0 Å². The van der Waals surface area contributed by atoms with Crippen molar-refractivity contribution in [1.29, 1.82) is 0 Å². The van der Waals surface area contributed by atoms with Gasteiger partial charge in [0.05, 0.1) is 5.56 Å². The van der Waals surface area contributed by atoms with E-state index >= 15 is 0 Å². The van der Waals surface area contributed by atoms with Crippen molar-refractivity contribution in [3.05, 3.63) is 29.3 Å². The van der Waals surface area contributed by atoms with Crippen molar-refractivity contribution in [3.8, 4) is 0 Å². The Morgan fingerprint density at radius 3 is 2.33 bits per heavy atom. The summed E-state index contributed by atoms with van der Waals surface area (Å²) in [5.41, 5.74) is 0.0885. The molecule has 1 aromatic rings. The number of benzene rings is 1. The zero-order chi connectivity index (χ0) is 13.8. The molecule has 0 aliphatic carbocycles. The van der Waals surface area contributed by atoms with Crippen molar-refractivity contribution in [2.75, 3.05) is 18.0 Å². The van der Waals surface area contributed by atoms with Crippen molar-refractivity contribution < 1.29 is 13.2 Å². The van der Waals surface area contributed by atoms with Crippen LogP contribution < -0.4 is 4.90 Å². The van der Waals surface area contributed by atoms with E-state index in [4.69, 9.17) is 11.6 Å². The standard InChI is InChI=1S/C13H17ClF3N/c1-3-7-18(4-2)11-6-5-10(9-14)12(8-11)13(15,16)17/h5-6,8H,3-4,7,9H2,1-2H3. The highest BCUT2D eigenvalue weighted by molar-refractivity contribution is 6.17. The van der Waals surface area contributed by atoms with E-state index in [9.17, 15) is 13.2 Å². The number of nitrogens with zero attached hydrogens (tertiary/aromatic N) is 1. The van der Waals surface area contributed by atoms with Crippen molar-refractivity contribution in [2.24, 2.45) is 0 Å². The maximum absolute atomic E-state index is 12.9. The van der Waals surface area contributed by atoms with Crippen LogP contribution in [-0.4, -0.2) is 13.1 Å². The molecule has 1 rings (SSSR count). The molecule has 0 unspecified atom stereocenters. The van der Waals surface area contributed by atoms with Gasteiger partial charge in [-0.3, -0.25) is 0 Å². The maximum Gasteiger partial charge on any atom is 0.416 e. The summed E-state index contributed by atoms with van der Waals surface area (Å²) >= 11 is 5.55. The van der Waals surface area contributed by atoms with Gasteiger partial charge >= 0.3 is 6.18 Å². The highest BCUT2D eigenvalue weighted by Crippen LogP contribution is 2.35. The second-order valence-electron chi connectivity index (χ2n) is 4.05. The lowest BCUT2D eigenvalue weighted by Crippen LogP contribution is -2.24. The lowest BCUT2D eigenvalue weighted by atomic mass is 10.1. The van der Waals surface area contributed by atoms with Crippen LogP contribution >= 0.6 is 11.6 Å². The minimum absolute atomic E-state index is 0.125. The van der Waals surface area contributed by atoms with Gasteiger partial charge in [0.2, 0.25) is 0 Å².